The molecule has 0 amide bonds. The van der Waals surface area contributed by atoms with Crippen molar-refractivity contribution in [3.8, 4) is 0 Å². The fourth-order valence-corrected chi connectivity index (χ4v) is 0.755. The highest BCUT2D eigenvalue weighted by molar-refractivity contribution is 5.91. The molecule has 4 N–H and O–H groups in total. The predicted octanol–water partition coefficient (Wildman–Crippen LogP) is 1.17. The number of hydrogen-bond donors (Lipinski definition) is 3. The molecule has 0 unspecified atom stereocenters. The Morgan fingerprint density at radius 2 is 1.27 bits per heavy atom. The van der Waals surface area contributed by atoms with Crippen LogP contribution in [-0.2, 0) is 0 Å². The normalized spacial score (nSPS) is 8.27. The van der Waals surface area contributed by atoms with Gasteiger partial charge in [-0.15, -0.1) is 0 Å². The molecule has 0 bridgehead atoms. The van der Waals surface area contributed by atoms with E-state index in [4.69, 9.17) is 10.2 Å². The van der Waals surface area contributed by atoms with Crippen LogP contribution in [0.25, 0.3) is 0 Å². The third-order valence-electron chi connectivity index (χ3n) is 1.38. The average Bonchev–Trinajstić information content (AvgIpc) is 2.19. The van der Waals surface area contributed by atoms with Crippen LogP contribution in [0.2, 0.25) is 0 Å². The molecule has 0 saturated heterocycles. The van der Waals surface area contributed by atoms with E-state index in [0.717, 1.165) is 0 Å². The molecule has 0 saturated carbocycles. The number of carboxylic acid groups (broad SMARTS) is 2. The Hall–Kier alpha value is -2.30. The van der Waals surface area contributed by atoms with E-state index in [-0.39, 0.29) is 11.1 Å². The van der Waals surface area contributed by atoms with Gasteiger partial charge >= 0.3 is 11.9 Å². The highest BCUT2D eigenvalue weighted by Crippen LogP contribution is 2.03. The molecular formula is C10H11NO4. The molecule has 0 aliphatic carbocycles. The van der Waals surface area contributed by atoms with Crippen LogP contribution < -0.4 is 5.73 Å². The van der Waals surface area contributed by atoms with E-state index >= 15 is 0 Å². The summed E-state index contributed by atoms with van der Waals surface area (Å²) in [7, 11) is 0. The van der Waals surface area contributed by atoms with Crippen LogP contribution >= 0.6 is 0 Å². The fraction of sp³-hybridized carbons (Fsp3) is 0. The number of benzene rings is 1. The van der Waals surface area contributed by atoms with Crippen LogP contribution in [0.1, 0.15) is 20.7 Å². The van der Waals surface area contributed by atoms with E-state index in [0.29, 0.717) is 0 Å². The number of rotatable bonds is 2. The van der Waals surface area contributed by atoms with E-state index in [9.17, 15) is 9.59 Å². The van der Waals surface area contributed by atoms with Crippen molar-refractivity contribution < 1.29 is 19.8 Å². The van der Waals surface area contributed by atoms with Crippen molar-refractivity contribution in [1.82, 2.24) is 0 Å². The molecule has 0 spiro atoms. The summed E-state index contributed by atoms with van der Waals surface area (Å²) in [6.45, 7) is 3.14. The van der Waals surface area contributed by atoms with Crippen molar-refractivity contribution >= 4 is 11.9 Å². The lowest BCUT2D eigenvalue weighted by atomic mass is 10.1. The van der Waals surface area contributed by atoms with Crippen LogP contribution in [-0.4, -0.2) is 22.2 Å². The van der Waals surface area contributed by atoms with Crippen LogP contribution in [0, 0.1) is 0 Å². The van der Waals surface area contributed by atoms with Gasteiger partial charge in [0.25, 0.3) is 0 Å². The molecule has 0 fully saturated rings. The van der Waals surface area contributed by atoms with E-state index in [1.165, 1.54) is 30.5 Å². The number of carboxylic acids is 2. The van der Waals surface area contributed by atoms with Crippen molar-refractivity contribution in [2.45, 2.75) is 0 Å². The topological polar surface area (TPSA) is 101 Å². The van der Waals surface area contributed by atoms with E-state index in [1.807, 2.05) is 0 Å². The van der Waals surface area contributed by atoms with E-state index in [1.54, 1.807) is 0 Å². The van der Waals surface area contributed by atoms with Crippen molar-refractivity contribution in [3.05, 3.63) is 48.2 Å². The molecule has 0 radical (unpaired) electrons. The van der Waals surface area contributed by atoms with Crippen molar-refractivity contribution in [2.24, 2.45) is 5.73 Å². The molecule has 80 valence electrons. The summed E-state index contributed by atoms with van der Waals surface area (Å²) >= 11 is 0. The van der Waals surface area contributed by atoms with Crippen molar-refractivity contribution in [1.29, 1.82) is 0 Å². The maximum absolute atomic E-state index is 10.3. The summed E-state index contributed by atoms with van der Waals surface area (Å²) in [5.74, 6) is -2.13. The molecule has 1 rings (SSSR count). The van der Waals surface area contributed by atoms with Crippen LogP contribution in [0.5, 0.6) is 0 Å². The summed E-state index contributed by atoms with van der Waals surface area (Å²) in [5, 5.41) is 16.9. The fourth-order valence-electron chi connectivity index (χ4n) is 0.755. The number of carbonyl (C=O) groups is 2. The molecule has 0 atom stereocenters. The van der Waals surface area contributed by atoms with Crippen molar-refractivity contribution in [3.63, 3.8) is 0 Å². The first-order chi connectivity index (χ1) is 7.02. The molecular weight excluding hydrogens is 198 g/mol. The summed E-state index contributed by atoms with van der Waals surface area (Å²) in [4.78, 5) is 20.7. The van der Waals surface area contributed by atoms with Gasteiger partial charge in [0.15, 0.2) is 0 Å². The zero-order valence-corrected chi connectivity index (χ0v) is 7.88. The lowest BCUT2D eigenvalue weighted by molar-refractivity contribution is 0.0681. The van der Waals surface area contributed by atoms with Gasteiger partial charge in [0, 0.05) is 0 Å². The Kier molecular flexibility index (Phi) is 5.25. The molecule has 0 heterocycles. The van der Waals surface area contributed by atoms with Crippen LogP contribution in [0.15, 0.2) is 37.0 Å². The van der Waals surface area contributed by atoms with Gasteiger partial charge in [-0.3, -0.25) is 0 Å². The van der Waals surface area contributed by atoms with Gasteiger partial charge in [0.05, 0.1) is 11.1 Å². The summed E-state index contributed by atoms with van der Waals surface area (Å²) in [6, 6.07) is 5.02. The second kappa shape index (κ2) is 6.20. The SMILES string of the molecule is C=CN.O=C(O)c1ccc(C(=O)O)cc1. The predicted molar refractivity (Wildman–Crippen MR) is 54.7 cm³/mol. The van der Waals surface area contributed by atoms with Gasteiger partial charge in [0.2, 0.25) is 0 Å². The first kappa shape index (κ1) is 12.7. The number of nitrogens with two attached hydrogens (primary N) is 1. The third kappa shape index (κ3) is 4.47. The Morgan fingerprint density at radius 3 is 1.40 bits per heavy atom. The lowest BCUT2D eigenvalue weighted by Gasteiger charge is -1.94. The van der Waals surface area contributed by atoms with Gasteiger partial charge in [-0.05, 0) is 30.5 Å². The largest absolute Gasteiger partial charge is 0.478 e. The van der Waals surface area contributed by atoms with Gasteiger partial charge < -0.3 is 15.9 Å². The van der Waals surface area contributed by atoms with Crippen LogP contribution in [0.4, 0.5) is 0 Å². The minimum atomic E-state index is -1.06. The molecule has 15 heavy (non-hydrogen) atoms. The highest BCUT2D eigenvalue weighted by Gasteiger charge is 2.04. The molecule has 0 aliphatic rings. The van der Waals surface area contributed by atoms with Crippen molar-refractivity contribution in [2.75, 3.05) is 0 Å². The molecule has 0 aliphatic heterocycles. The summed E-state index contributed by atoms with van der Waals surface area (Å²) in [6.07, 6.45) is 1.25. The summed E-state index contributed by atoms with van der Waals surface area (Å²) in [5.41, 5.74) is 4.78. The van der Waals surface area contributed by atoms with Crippen LogP contribution in [0.3, 0.4) is 0 Å². The lowest BCUT2D eigenvalue weighted by Crippen LogP contribution is -1.99. The molecule has 5 heteroatoms. The first-order valence-electron chi connectivity index (χ1n) is 3.92. The Morgan fingerprint density at radius 1 is 1.07 bits per heavy atom. The van der Waals surface area contributed by atoms with Gasteiger partial charge in [0.1, 0.15) is 0 Å². The zero-order valence-electron chi connectivity index (χ0n) is 7.88. The highest BCUT2D eigenvalue weighted by atomic mass is 16.4. The molecule has 5 nitrogen and oxygen atoms in total. The maximum Gasteiger partial charge on any atom is 0.335 e. The Bertz CT molecular complexity index is 323. The van der Waals surface area contributed by atoms with E-state index in [2.05, 4.69) is 12.3 Å². The van der Waals surface area contributed by atoms with Gasteiger partial charge in [-0.2, -0.15) is 0 Å². The minimum Gasteiger partial charge on any atom is -0.478 e. The number of hydrogen-bond acceptors (Lipinski definition) is 3. The maximum atomic E-state index is 10.3. The van der Waals surface area contributed by atoms with Gasteiger partial charge in [-0.25, -0.2) is 9.59 Å². The quantitative estimate of drug-likeness (QED) is 0.678. The molecule has 1 aromatic rings. The first-order valence-corrected chi connectivity index (χ1v) is 3.92. The average molecular weight is 209 g/mol. The minimum absolute atomic E-state index is 0.0833. The second-order valence-electron chi connectivity index (χ2n) is 2.42. The molecule has 0 aromatic heterocycles. The van der Waals surface area contributed by atoms with Gasteiger partial charge in [-0.1, -0.05) is 6.58 Å². The second-order valence-corrected chi connectivity index (χ2v) is 2.42. The Labute approximate surface area is 86.5 Å². The number of aromatic carboxylic acids is 2. The summed E-state index contributed by atoms with van der Waals surface area (Å²) < 4.78 is 0. The molecule has 1 aromatic carbocycles. The third-order valence-corrected chi connectivity index (χ3v) is 1.38. The monoisotopic (exact) mass is 209 g/mol. The van der Waals surface area contributed by atoms with E-state index < -0.39 is 11.9 Å². The Balaban J connectivity index is 0.000000583. The smallest absolute Gasteiger partial charge is 0.335 e. The standard InChI is InChI=1S/C8H6O4.C2H5N/c9-7(10)5-1-2-6(4-3-5)8(11)12;1-2-3/h1-4H,(H,9,10)(H,11,12);2H,1,3H2. The zero-order chi connectivity index (χ0) is 11.8.